The van der Waals surface area contributed by atoms with Crippen LogP contribution in [0.1, 0.15) is 77.0 Å². The average molecular weight is 352 g/mol. The van der Waals surface area contributed by atoms with Gasteiger partial charge in [-0.3, -0.25) is 4.79 Å². The lowest BCUT2D eigenvalue weighted by Gasteiger charge is -2.06. The molecular weight excluding hydrogens is 314 g/mol. The number of unbranched alkanes of at least 4 members (excludes halogenated alkanes) is 6. The molecule has 2 unspecified atom stereocenters. The molecule has 144 valence electrons. The number of hydrogen-bond acceptors (Lipinski definition) is 3. The highest BCUT2D eigenvalue weighted by molar-refractivity contribution is 5.67. The quantitative estimate of drug-likeness (QED) is 0.301. The van der Waals surface area contributed by atoms with E-state index in [0.29, 0.717) is 0 Å². The normalized spacial score (nSPS) is 18.6. The Hall–Kier alpha value is -1.13. The average Bonchev–Trinajstić information content (AvgIpc) is 3.03. The first-order valence-corrected chi connectivity index (χ1v) is 10.0. The first kappa shape index (κ1) is 21.9. The number of rotatable bonds is 15. The molecule has 0 fully saturated rings. The number of allylic oxidation sites excluding steroid dienone is 2. The van der Waals surface area contributed by atoms with Crippen molar-refractivity contribution < 1.29 is 15.0 Å². The highest BCUT2D eigenvalue weighted by Gasteiger charge is 2.14. The smallest absolute Gasteiger partial charge is 0.304 e. The number of carboxylic acids is 1. The van der Waals surface area contributed by atoms with Crippen LogP contribution in [0.25, 0.3) is 0 Å². The summed E-state index contributed by atoms with van der Waals surface area (Å²) in [5, 5.41) is 17.8. The van der Waals surface area contributed by atoms with Crippen molar-refractivity contribution in [2.75, 3.05) is 13.2 Å². The van der Waals surface area contributed by atoms with Crippen molar-refractivity contribution in [3.05, 3.63) is 23.8 Å². The minimum absolute atomic E-state index is 0.0108. The molecular formula is C21H37NO3. The minimum atomic E-state index is -0.854. The summed E-state index contributed by atoms with van der Waals surface area (Å²) in [5.41, 5.74) is 7.19. The van der Waals surface area contributed by atoms with E-state index in [1.165, 1.54) is 51.4 Å². The van der Waals surface area contributed by atoms with E-state index in [1.54, 1.807) is 5.57 Å². The van der Waals surface area contributed by atoms with Gasteiger partial charge in [0.25, 0.3) is 0 Å². The maximum Gasteiger partial charge on any atom is 0.304 e. The third-order valence-electron chi connectivity index (χ3n) is 5.05. The summed E-state index contributed by atoms with van der Waals surface area (Å²) in [6.45, 7) is 0.695. The molecule has 1 aliphatic carbocycles. The Morgan fingerprint density at radius 2 is 1.96 bits per heavy atom. The van der Waals surface area contributed by atoms with Gasteiger partial charge in [0.05, 0.1) is 6.42 Å². The lowest BCUT2D eigenvalue weighted by Crippen LogP contribution is -2.09. The number of carbonyl (C=O) groups is 1. The van der Waals surface area contributed by atoms with Crippen molar-refractivity contribution in [2.24, 2.45) is 17.6 Å². The van der Waals surface area contributed by atoms with Gasteiger partial charge in [0.15, 0.2) is 0 Å². The molecule has 0 aromatic heterocycles. The van der Waals surface area contributed by atoms with E-state index in [0.717, 1.165) is 31.7 Å². The standard InChI is InChI=1S/C21H37NO3/c22-14-13-19-12-11-18(15-19)9-7-5-3-1-2-4-6-8-10-20(17-23)16-21(24)25/h8,10,15,18,20,23H,1-7,9,11-14,16-17,22H2,(H,24,25). The van der Waals surface area contributed by atoms with Crippen molar-refractivity contribution >= 4 is 5.97 Å². The molecule has 0 aromatic carbocycles. The van der Waals surface area contributed by atoms with Gasteiger partial charge >= 0.3 is 5.97 Å². The second-order valence-electron chi connectivity index (χ2n) is 7.33. The molecule has 0 amide bonds. The van der Waals surface area contributed by atoms with Gasteiger partial charge in [0.2, 0.25) is 0 Å². The predicted molar refractivity (Wildman–Crippen MR) is 103 cm³/mol. The fraction of sp³-hybridized carbons (Fsp3) is 0.762. The molecule has 0 aromatic rings. The molecule has 4 N–H and O–H groups in total. The number of carboxylic acid groups (broad SMARTS) is 1. The van der Waals surface area contributed by atoms with E-state index < -0.39 is 5.97 Å². The Kier molecular flexibility index (Phi) is 12.3. The largest absolute Gasteiger partial charge is 0.481 e. The van der Waals surface area contributed by atoms with Crippen LogP contribution in [0.3, 0.4) is 0 Å². The zero-order chi connectivity index (χ0) is 18.3. The van der Waals surface area contributed by atoms with E-state index in [4.69, 9.17) is 15.9 Å². The molecule has 0 aliphatic heterocycles. The third-order valence-corrected chi connectivity index (χ3v) is 5.05. The van der Waals surface area contributed by atoms with E-state index in [2.05, 4.69) is 6.08 Å². The molecule has 25 heavy (non-hydrogen) atoms. The van der Waals surface area contributed by atoms with Crippen LogP contribution in [-0.4, -0.2) is 29.3 Å². The molecule has 1 aliphatic rings. The van der Waals surface area contributed by atoms with Gasteiger partial charge in [-0.1, -0.05) is 55.9 Å². The number of hydrogen-bond donors (Lipinski definition) is 3. The van der Waals surface area contributed by atoms with E-state index in [1.807, 2.05) is 12.2 Å². The summed E-state index contributed by atoms with van der Waals surface area (Å²) >= 11 is 0. The summed E-state index contributed by atoms with van der Waals surface area (Å²) in [6.07, 6.45) is 20.0. The fourth-order valence-electron chi connectivity index (χ4n) is 3.57. The Bertz CT molecular complexity index is 417. The van der Waals surface area contributed by atoms with Crippen LogP contribution in [0.4, 0.5) is 0 Å². The molecule has 0 saturated heterocycles. The zero-order valence-electron chi connectivity index (χ0n) is 15.7. The molecule has 4 heteroatoms. The molecule has 0 heterocycles. The van der Waals surface area contributed by atoms with Crippen LogP contribution in [-0.2, 0) is 4.79 Å². The summed E-state index contributed by atoms with van der Waals surface area (Å²) in [4.78, 5) is 10.6. The topological polar surface area (TPSA) is 83.5 Å². The van der Waals surface area contributed by atoms with Crippen molar-refractivity contribution in [3.63, 3.8) is 0 Å². The van der Waals surface area contributed by atoms with Gasteiger partial charge in [-0.25, -0.2) is 0 Å². The highest BCUT2D eigenvalue weighted by atomic mass is 16.4. The van der Waals surface area contributed by atoms with Crippen LogP contribution >= 0.6 is 0 Å². The van der Waals surface area contributed by atoms with Gasteiger partial charge in [0, 0.05) is 12.5 Å². The van der Waals surface area contributed by atoms with Crippen molar-refractivity contribution in [3.8, 4) is 0 Å². The van der Waals surface area contributed by atoms with Crippen LogP contribution in [0.2, 0.25) is 0 Å². The van der Waals surface area contributed by atoms with Gasteiger partial charge in [-0.2, -0.15) is 0 Å². The zero-order valence-corrected chi connectivity index (χ0v) is 15.7. The lowest BCUT2D eigenvalue weighted by molar-refractivity contribution is -0.138. The van der Waals surface area contributed by atoms with Crippen LogP contribution in [0.15, 0.2) is 23.8 Å². The molecule has 0 spiro atoms. The summed E-state index contributed by atoms with van der Waals surface area (Å²) in [6, 6.07) is 0. The van der Waals surface area contributed by atoms with Crippen LogP contribution in [0, 0.1) is 11.8 Å². The van der Waals surface area contributed by atoms with E-state index >= 15 is 0 Å². The second-order valence-corrected chi connectivity index (χ2v) is 7.33. The van der Waals surface area contributed by atoms with E-state index in [9.17, 15) is 4.79 Å². The molecule has 0 radical (unpaired) electrons. The Morgan fingerprint density at radius 3 is 2.64 bits per heavy atom. The molecule has 2 atom stereocenters. The Labute approximate surface area is 153 Å². The number of nitrogens with two attached hydrogens (primary N) is 1. The minimum Gasteiger partial charge on any atom is -0.481 e. The van der Waals surface area contributed by atoms with Gasteiger partial charge < -0.3 is 15.9 Å². The monoisotopic (exact) mass is 351 g/mol. The van der Waals surface area contributed by atoms with Crippen molar-refractivity contribution in [1.29, 1.82) is 0 Å². The Balaban J connectivity index is 1.93. The number of aliphatic hydroxyl groups is 1. The predicted octanol–water partition coefficient (Wildman–Crippen LogP) is 4.43. The summed E-state index contributed by atoms with van der Waals surface area (Å²) in [5.74, 6) is -0.295. The number of aliphatic hydroxyl groups excluding tert-OH is 1. The summed E-state index contributed by atoms with van der Waals surface area (Å²) < 4.78 is 0. The Morgan fingerprint density at radius 1 is 1.24 bits per heavy atom. The van der Waals surface area contributed by atoms with Crippen LogP contribution in [0.5, 0.6) is 0 Å². The third kappa shape index (κ3) is 11.2. The second kappa shape index (κ2) is 14.1. The lowest BCUT2D eigenvalue weighted by atomic mass is 9.99. The molecule has 1 rings (SSSR count). The van der Waals surface area contributed by atoms with Crippen LogP contribution < -0.4 is 5.73 Å². The number of aliphatic carboxylic acids is 1. The summed E-state index contributed by atoms with van der Waals surface area (Å²) in [7, 11) is 0. The van der Waals surface area contributed by atoms with Gasteiger partial charge in [0.1, 0.15) is 0 Å². The van der Waals surface area contributed by atoms with Crippen molar-refractivity contribution in [2.45, 2.75) is 77.0 Å². The fourth-order valence-corrected chi connectivity index (χ4v) is 3.57. The highest BCUT2D eigenvalue weighted by Crippen LogP contribution is 2.29. The van der Waals surface area contributed by atoms with Crippen molar-refractivity contribution in [1.82, 2.24) is 0 Å². The molecule has 0 bridgehead atoms. The van der Waals surface area contributed by atoms with E-state index in [-0.39, 0.29) is 18.9 Å². The van der Waals surface area contributed by atoms with Gasteiger partial charge in [-0.05, 0) is 51.0 Å². The SMILES string of the molecule is NCCC1=CC(CCCCCCCCC=CC(CO)CC(=O)O)CC1. The first-order chi connectivity index (χ1) is 12.2. The maximum absolute atomic E-state index is 10.6. The van der Waals surface area contributed by atoms with Gasteiger partial charge in [-0.15, -0.1) is 0 Å². The first-order valence-electron chi connectivity index (χ1n) is 10.0. The molecule has 4 nitrogen and oxygen atoms in total. The molecule has 0 saturated carbocycles. The maximum atomic E-state index is 10.6.